The fraction of sp³-hybridized carbons (Fsp3) is 0.556. The quantitative estimate of drug-likeness (QED) is 0.816. The summed E-state index contributed by atoms with van der Waals surface area (Å²) < 4.78 is 38.5. The summed E-state index contributed by atoms with van der Waals surface area (Å²) in [6.07, 6.45) is -3.61. The molecule has 1 aromatic rings. The average molecular weight is 386 g/mol. The molecule has 27 heavy (non-hydrogen) atoms. The van der Waals surface area contributed by atoms with E-state index in [9.17, 15) is 22.8 Å². The number of halogens is 3. The average Bonchev–Trinajstić information content (AvgIpc) is 2.61. The van der Waals surface area contributed by atoms with E-state index in [4.69, 9.17) is 0 Å². The van der Waals surface area contributed by atoms with E-state index < -0.39 is 23.7 Å². The highest BCUT2D eigenvalue weighted by Gasteiger charge is 2.31. The molecule has 2 rings (SSSR count). The van der Waals surface area contributed by atoms with Crippen molar-refractivity contribution >= 4 is 17.6 Å². The van der Waals surface area contributed by atoms with Crippen molar-refractivity contribution in [3.8, 4) is 0 Å². The van der Waals surface area contributed by atoms with Crippen molar-refractivity contribution < 1.29 is 22.8 Å². The van der Waals surface area contributed by atoms with E-state index in [1.165, 1.54) is 6.07 Å². The van der Waals surface area contributed by atoms with Gasteiger partial charge < -0.3 is 10.2 Å². The van der Waals surface area contributed by atoms with Crippen LogP contribution in [-0.2, 0) is 11.0 Å². The standard InChI is InChI=1S/C18H25F3N4O2/c1-3-13(2)22-17(27)23-16(26)12-24-7-9-25(10-8-24)15-6-4-5-14(11-15)18(19,20)21/h4-6,11,13H,3,7-10,12H2,1-2H3,(H2,22,23,26,27)/t13-/m1/s1. The van der Waals surface area contributed by atoms with E-state index in [0.717, 1.165) is 18.6 Å². The molecule has 6 nitrogen and oxygen atoms in total. The number of rotatable bonds is 5. The molecular weight excluding hydrogens is 361 g/mol. The summed E-state index contributed by atoms with van der Waals surface area (Å²) in [7, 11) is 0. The van der Waals surface area contributed by atoms with Gasteiger partial charge in [0.15, 0.2) is 0 Å². The van der Waals surface area contributed by atoms with Crippen LogP contribution in [0.25, 0.3) is 0 Å². The van der Waals surface area contributed by atoms with Crippen LogP contribution in [0.2, 0.25) is 0 Å². The van der Waals surface area contributed by atoms with Crippen molar-refractivity contribution in [2.24, 2.45) is 0 Å². The minimum atomic E-state index is -4.37. The van der Waals surface area contributed by atoms with Crippen LogP contribution < -0.4 is 15.5 Å². The summed E-state index contributed by atoms with van der Waals surface area (Å²) in [6, 6.07) is 4.70. The van der Waals surface area contributed by atoms with Crippen LogP contribution in [0.3, 0.4) is 0 Å². The highest BCUT2D eigenvalue weighted by atomic mass is 19.4. The lowest BCUT2D eigenvalue weighted by Crippen LogP contribution is -2.51. The summed E-state index contributed by atoms with van der Waals surface area (Å²) in [5.41, 5.74) is -0.156. The van der Waals surface area contributed by atoms with Gasteiger partial charge in [0, 0.05) is 37.9 Å². The topological polar surface area (TPSA) is 64.7 Å². The molecule has 3 amide bonds. The molecule has 1 aliphatic heterocycles. The molecule has 0 spiro atoms. The Bertz CT molecular complexity index is 658. The second-order valence-electron chi connectivity index (χ2n) is 6.64. The predicted molar refractivity (Wildman–Crippen MR) is 96.5 cm³/mol. The Kier molecular flexibility index (Phi) is 7.06. The third-order valence-corrected chi connectivity index (χ3v) is 4.52. The molecule has 1 aromatic carbocycles. The van der Waals surface area contributed by atoms with Crippen LogP contribution >= 0.6 is 0 Å². The third-order valence-electron chi connectivity index (χ3n) is 4.52. The van der Waals surface area contributed by atoms with Gasteiger partial charge in [-0.1, -0.05) is 13.0 Å². The SMILES string of the molecule is CC[C@@H](C)NC(=O)NC(=O)CN1CCN(c2cccc(C(F)(F)F)c2)CC1. The highest BCUT2D eigenvalue weighted by Crippen LogP contribution is 2.31. The third kappa shape index (κ3) is 6.42. The van der Waals surface area contributed by atoms with Gasteiger partial charge in [-0.25, -0.2) is 4.79 Å². The number of carbonyl (C=O) groups excluding carboxylic acids is 2. The van der Waals surface area contributed by atoms with Crippen LogP contribution in [0.1, 0.15) is 25.8 Å². The highest BCUT2D eigenvalue weighted by molar-refractivity contribution is 5.95. The number of carbonyl (C=O) groups is 2. The lowest BCUT2D eigenvalue weighted by Gasteiger charge is -2.35. The Morgan fingerprint density at radius 2 is 1.85 bits per heavy atom. The molecule has 0 saturated carbocycles. The van der Waals surface area contributed by atoms with E-state index >= 15 is 0 Å². The second-order valence-corrected chi connectivity index (χ2v) is 6.64. The zero-order valence-electron chi connectivity index (χ0n) is 15.5. The molecule has 0 bridgehead atoms. The molecule has 0 aliphatic carbocycles. The van der Waals surface area contributed by atoms with Crippen LogP contribution in [0.5, 0.6) is 0 Å². The fourth-order valence-electron chi connectivity index (χ4n) is 2.77. The molecule has 0 radical (unpaired) electrons. The first-order chi connectivity index (χ1) is 12.7. The first kappa shape index (κ1) is 21.0. The van der Waals surface area contributed by atoms with E-state index in [2.05, 4.69) is 10.6 Å². The number of hydrogen-bond donors (Lipinski definition) is 2. The maximum absolute atomic E-state index is 12.8. The van der Waals surface area contributed by atoms with Crippen molar-refractivity contribution in [3.05, 3.63) is 29.8 Å². The Labute approximate surface area is 156 Å². The first-order valence-corrected chi connectivity index (χ1v) is 8.94. The van der Waals surface area contributed by atoms with Crippen LogP contribution in [0.4, 0.5) is 23.7 Å². The lowest BCUT2D eigenvalue weighted by atomic mass is 10.1. The van der Waals surface area contributed by atoms with Crippen LogP contribution in [-0.4, -0.2) is 55.6 Å². The zero-order chi connectivity index (χ0) is 20.0. The van der Waals surface area contributed by atoms with Crippen molar-refractivity contribution in [1.29, 1.82) is 0 Å². The van der Waals surface area contributed by atoms with Gasteiger partial charge in [-0.2, -0.15) is 13.2 Å². The van der Waals surface area contributed by atoms with Crippen molar-refractivity contribution in [3.63, 3.8) is 0 Å². The Hall–Kier alpha value is -2.29. The minimum Gasteiger partial charge on any atom is -0.369 e. The number of hydrogen-bond acceptors (Lipinski definition) is 4. The van der Waals surface area contributed by atoms with Crippen LogP contribution in [0.15, 0.2) is 24.3 Å². The van der Waals surface area contributed by atoms with E-state index in [1.54, 1.807) is 6.07 Å². The van der Waals surface area contributed by atoms with Gasteiger partial charge >= 0.3 is 12.2 Å². The van der Waals surface area contributed by atoms with Crippen molar-refractivity contribution in [2.45, 2.75) is 32.5 Å². The number of imide groups is 1. The lowest BCUT2D eigenvalue weighted by molar-refractivity contribution is -0.137. The van der Waals surface area contributed by atoms with Crippen LogP contribution in [0, 0.1) is 0 Å². The maximum Gasteiger partial charge on any atom is 0.416 e. The molecule has 1 aliphatic rings. The van der Waals surface area contributed by atoms with Gasteiger partial charge in [0.05, 0.1) is 12.1 Å². The Morgan fingerprint density at radius 3 is 2.44 bits per heavy atom. The fourth-order valence-corrected chi connectivity index (χ4v) is 2.77. The van der Waals surface area contributed by atoms with E-state index in [0.29, 0.717) is 31.9 Å². The molecule has 9 heteroatoms. The van der Waals surface area contributed by atoms with Gasteiger partial charge in [-0.3, -0.25) is 15.0 Å². The number of alkyl halides is 3. The summed E-state index contributed by atoms with van der Waals surface area (Å²) >= 11 is 0. The van der Waals surface area contributed by atoms with Crippen molar-refractivity contribution in [1.82, 2.24) is 15.5 Å². The number of nitrogens with zero attached hydrogens (tertiary/aromatic N) is 2. The molecule has 1 saturated heterocycles. The van der Waals surface area contributed by atoms with Crippen molar-refractivity contribution in [2.75, 3.05) is 37.6 Å². The number of anilines is 1. The maximum atomic E-state index is 12.8. The van der Waals surface area contributed by atoms with Gasteiger partial charge in [-0.05, 0) is 31.5 Å². The predicted octanol–water partition coefficient (Wildman–Crippen LogP) is 2.45. The number of piperazine rings is 1. The van der Waals surface area contributed by atoms with Gasteiger partial charge in [-0.15, -0.1) is 0 Å². The number of nitrogens with one attached hydrogen (secondary N) is 2. The minimum absolute atomic E-state index is 0.0196. The van der Waals surface area contributed by atoms with Gasteiger partial charge in [0.2, 0.25) is 5.91 Å². The molecule has 1 heterocycles. The molecule has 0 unspecified atom stereocenters. The number of urea groups is 1. The number of amides is 3. The monoisotopic (exact) mass is 386 g/mol. The molecular formula is C18H25F3N4O2. The smallest absolute Gasteiger partial charge is 0.369 e. The van der Waals surface area contributed by atoms with Gasteiger partial charge in [0.25, 0.3) is 0 Å². The molecule has 150 valence electrons. The molecule has 2 N–H and O–H groups in total. The van der Waals surface area contributed by atoms with E-state index in [1.807, 2.05) is 23.6 Å². The normalized spacial score (nSPS) is 16.7. The molecule has 1 fully saturated rings. The van der Waals surface area contributed by atoms with E-state index in [-0.39, 0.29) is 12.6 Å². The summed E-state index contributed by atoms with van der Waals surface area (Å²) in [5, 5.41) is 4.94. The Balaban J connectivity index is 1.82. The van der Waals surface area contributed by atoms with Gasteiger partial charge in [0.1, 0.15) is 0 Å². The molecule has 0 aromatic heterocycles. The zero-order valence-corrected chi connectivity index (χ0v) is 15.5. The summed E-state index contributed by atoms with van der Waals surface area (Å²) in [6.45, 7) is 5.91. The molecule has 1 atom stereocenters. The second kappa shape index (κ2) is 9.07. The summed E-state index contributed by atoms with van der Waals surface area (Å²) in [4.78, 5) is 27.3. The first-order valence-electron chi connectivity index (χ1n) is 8.94. The number of benzene rings is 1. The summed E-state index contributed by atoms with van der Waals surface area (Å²) in [5.74, 6) is -0.400. The Morgan fingerprint density at radius 1 is 1.19 bits per heavy atom. The largest absolute Gasteiger partial charge is 0.416 e.